The number of carbonyl (C=O) groups is 1. The Hall–Kier alpha value is -1.05. The van der Waals surface area contributed by atoms with Crippen LogP contribution in [-0.4, -0.2) is 10.9 Å². The highest BCUT2D eigenvalue weighted by atomic mass is 16.1. The minimum absolute atomic E-state index is 0.630. The van der Waals surface area contributed by atoms with E-state index in [2.05, 4.69) is 10.8 Å². The SMILES string of the molecule is O=Cc1cccn1C(C1CC1)C1CC1. The van der Waals surface area contributed by atoms with Gasteiger partial charge in [0.25, 0.3) is 0 Å². The number of aldehydes is 1. The van der Waals surface area contributed by atoms with E-state index in [1.807, 2.05) is 12.1 Å². The summed E-state index contributed by atoms with van der Waals surface area (Å²) in [5.74, 6) is 1.71. The Morgan fingerprint density at radius 2 is 1.93 bits per heavy atom. The van der Waals surface area contributed by atoms with Gasteiger partial charge in [-0.1, -0.05) is 0 Å². The number of nitrogens with zero attached hydrogens (tertiary/aromatic N) is 1. The van der Waals surface area contributed by atoms with Gasteiger partial charge in [-0.05, 0) is 49.7 Å². The molecule has 0 bridgehead atoms. The molecule has 2 heteroatoms. The van der Waals surface area contributed by atoms with E-state index in [1.165, 1.54) is 25.7 Å². The van der Waals surface area contributed by atoms with Crippen LogP contribution in [0.3, 0.4) is 0 Å². The molecular formula is C12H15NO. The van der Waals surface area contributed by atoms with Gasteiger partial charge in [0.1, 0.15) is 0 Å². The van der Waals surface area contributed by atoms with Crippen LogP contribution in [0, 0.1) is 11.8 Å². The molecule has 0 saturated heterocycles. The van der Waals surface area contributed by atoms with Crippen LogP contribution in [0.1, 0.15) is 42.2 Å². The second-order valence-electron chi connectivity index (χ2n) is 4.62. The van der Waals surface area contributed by atoms with Crippen molar-refractivity contribution in [2.24, 2.45) is 11.8 Å². The average molecular weight is 189 g/mol. The number of hydrogen-bond donors (Lipinski definition) is 0. The summed E-state index contributed by atoms with van der Waals surface area (Å²) in [4.78, 5) is 10.9. The molecule has 1 aromatic rings. The van der Waals surface area contributed by atoms with Gasteiger partial charge in [-0.3, -0.25) is 4.79 Å². The van der Waals surface area contributed by atoms with Gasteiger partial charge in [-0.2, -0.15) is 0 Å². The maximum atomic E-state index is 10.9. The molecule has 0 aromatic carbocycles. The molecule has 0 N–H and O–H groups in total. The maximum Gasteiger partial charge on any atom is 0.166 e. The minimum atomic E-state index is 0.630. The number of aromatic nitrogens is 1. The third kappa shape index (κ3) is 1.29. The molecule has 0 atom stereocenters. The van der Waals surface area contributed by atoms with Crippen LogP contribution in [0.5, 0.6) is 0 Å². The van der Waals surface area contributed by atoms with E-state index in [1.54, 1.807) is 0 Å². The number of carbonyl (C=O) groups excluding carboxylic acids is 1. The van der Waals surface area contributed by atoms with Gasteiger partial charge >= 0.3 is 0 Å². The summed E-state index contributed by atoms with van der Waals surface area (Å²) in [6, 6.07) is 4.54. The standard InChI is InChI=1S/C12H15NO/c14-8-11-2-1-7-13(11)12(9-3-4-9)10-5-6-10/h1-2,7-10,12H,3-6H2. The van der Waals surface area contributed by atoms with E-state index >= 15 is 0 Å². The Morgan fingerprint density at radius 3 is 2.43 bits per heavy atom. The lowest BCUT2D eigenvalue weighted by molar-refractivity contribution is 0.111. The van der Waals surface area contributed by atoms with Crippen molar-refractivity contribution >= 4 is 6.29 Å². The highest BCUT2D eigenvalue weighted by Crippen LogP contribution is 2.52. The van der Waals surface area contributed by atoms with Gasteiger partial charge in [-0.15, -0.1) is 0 Å². The summed E-state index contributed by atoms with van der Waals surface area (Å²) in [6.45, 7) is 0. The summed E-state index contributed by atoms with van der Waals surface area (Å²) in [7, 11) is 0. The van der Waals surface area contributed by atoms with E-state index in [4.69, 9.17) is 0 Å². The predicted octanol–water partition coefficient (Wildman–Crippen LogP) is 2.66. The minimum Gasteiger partial charge on any atom is -0.342 e. The van der Waals surface area contributed by atoms with E-state index in [0.717, 1.165) is 23.8 Å². The Morgan fingerprint density at radius 1 is 1.29 bits per heavy atom. The third-order valence-electron chi connectivity index (χ3n) is 3.46. The fourth-order valence-electron chi connectivity index (χ4n) is 2.49. The molecule has 1 aromatic heterocycles. The van der Waals surface area contributed by atoms with E-state index < -0.39 is 0 Å². The van der Waals surface area contributed by atoms with Crippen LogP contribution >= 0.6 is 0 Å². The fraction of sp³-hybridized carbons (Fsp3) is 0.583. The molecule has 14 heavy (non-hydrogen) atoms. The van der Waals surface area contributed by atoms with Crippen molar-refractivity contribution in [1.29, 1.82) is 0 Å². The zero-order valence-electron chi connectivity index (χ0n) is 8.23. The summed E-state index contributed by atoms with van der Waals surface area (Å²) < 4.78 is 2.21. The van der Waals surface area contributed by atoms with Crippen LogP contribution in [0.25, 0.3) is 0 Å². The summed E-state index contributed by atoms with van der Waals surface area (Å²) in [5.41, 5.74) is 0.855. The molecule has 74 valence electrons. The van der Waals surface area contributed by atoms with Crippen molar-refractivity contribution in [1.82, 2.24) is 4.57 Å². The summed E-state index contributed by atoms with van der Waals surface area (Å²) in [5, 5.41) is 0. The summed E-state index contributed by atoms with van der Waals surface area (Å²) in [6.07, 6.45) is 8.49. The lowest BCUT2D eigenvalue weighted by Crippen LogP contribution is -2.14. The Labute approximate surface area is 83.9 Å². The first-order valence-electron chi connectivity index (χ1n) is 5.52. The summed E-state index contributed by atoms with van der Waals surface area (Å²) >= 11 is 0. The van der Waals surface area contributed by atoms with Crippen LogP contribution in [0.15, 0.2) is 18.3 Å². The molecule has 2 saturated carbocycles. The molecule has 0 unspecified atom stereocenters. The van der Waals surface area contributed by atoms with Crippen LogP contribution < -0.4 is 0 Å². The van der Waals surface area contributed by atoms with Gasteiger partial charge in [0.2, 0.25) is 0 Å². The number of hydrogen-bond acceptors (Lipinski definition) is 1. The molecule has 2 nitrogen and oxygen atoms in total. The highest BCUT2D eigenvalue weighted by Gasteiger charge is 2.42. The molecule has 1 heterocycles. The topological polar surface area (TPSA) is 22.0 Å². The predicted molar refractivity (Wildman–Crippen MR) is 54.3 cm³/mol. The van der Waals surface area contributed by atoms with E-state index in [0.29, 0.717) is 6.04 Å². The molecule has 0 radical (unpaired) electrons. The zero-order valence-corrected chi connectivity index (χ0v) is 8.23. The molecule has 2 aliphatic rings. The van der Waals surface area contributed by atoms with Gasteiger partial charge in [0.15, 0.2) is 6.29 Å². The van der Waals surface area contributed by atoms with Gasteiger partial charge < -0.3 is 4.57 Å². The van der Waals surface area contributed by atoms with Crippen molar-refractivity contribution < 1.29 is 4.79 Å². The second-order valence-corrected chi connectivity index (χ2v) is 4.62. The Kier molecular flexibility index (Phi) is 1.76. The van der Waals surface area contributed by atoms with Gasteiger partial charge in [0, 0.05) is 12.2 Å². The van der Waals surface area contributed by atoms with Crippen molar-refractivity contribution in [2.75, 3.05) is 0 Å². The smallest absolute Gasteiger partial charge is 0.166 e. The van der Waals surface area contributed by atoms with Gasteiger partial charge in [0.05, 0.1) is 5.69 Å². The van der Waals surface area contributed by atoms with Crippen molar-refractivity contribution in [3.05, 3.63) is 24.0 Å². The normalized spacial score (nSPS) is 21.5. The first kappa shape index (κ1) is 8.27. The Balaban J connectivity index is 1.93. The molecular weight excluding hydrogens is 174 g/mol. The third-order valence-corrected chi connectivity index (χ3v) is 3.46. The second kappa shape index (κ2) is 2.97. The highest BCUT2D eigenvalue weighted by molar-refractivity contribution is 5.72. The first-order chi connectivity index (χ1) is 6.90. The maximum absolute atomic E-state index is 10.9. The fourth-order valence-corrected chi connectivity index (χ4v) is 2.49. The molecule has 2 fully saturated rings. The molecule has 0 spiro atoms. The van der Waals surface area contributed by atoms with Gasteiger partial charge in [-0.25, -0.2) is 0 Å². The molecule has 0 aliphatic heterocycles. The largest absolute Gasteiger partial charge is 0.342 e. The van der Waals surface area contributed by atoms with Crippen LogP contribution in [0.2, 0.25) is 0 Å². The lowest BCUT2D eigenvalue weighted by atomic mass is 10.1. The zero-order chi connectivity index (χ0) is 9.54. The van der Waals surface area contributed by atoms with Crippen molar-refractivity contribution in [3.63, 3.8) is 0 Å². The van der Waals surface area contributed by atoms with E-state index in [9.17, 15) is 4.79 Å². The van der Waals surface area contributed by atoms with Crippen molar-refractivity contribution in [2.45, 2.75) is 31.7 Å². The molecule has 3 rings (SSSR count). The average Bonchev–Trinajstić information content (AvgIpc) is 3.07. The molecule has 0 amide bonds. The number of rotatable bonds is 4. The van der Waals surface area contributed by atoms with E-state index in [-0.39, 0.29) is 0 Å². The van der Waals surface area contributed by atoms with Crippen LogP contribution in [0.4, 0.5) is 0 Å². The Bertz CT molecular complexity index is 335. The van der Waals surface area contributed by atoms with Crippen molar-refractivity contribution in [3.8, 4) is 0 Å². The quantitative estimate of drug-likeness (QED) is 0.667. The first-order valence-corrected chi connectivity index (χ1v) is 5.52. The van der Waals surface area contributed by atoms with Crippen LogP contribution in [-0.2, 0) is 0 Å². The molecule has 2 aliphatic carbocycles. The lowest BCUT2D eigenvalue weighted by Gasteiger charge is -2.19. The monoisotopic (exact) mass is 189 g/mol.